The van der Waals surface area contributed by atoms with Gasteiger partial charge in [0.2, 0.25) is 0 Å². The van der Waals surface area contributed by atoms with Crippen molar-refractivity contribution in [2.75, 3.05) is 6.61 Å². The zero-order valence-corrected chi connectivity index (χ0v) is 7.74. The van der Waals surface area contributed by atoms with Crippen LogP contribution in [0.25, 0.3) is 0 Å². The molecule has 0 bridgehead atoms. The van der Waals surface area contributed by atoms with E-state index in [1.54, 1.807) is 0 Å². The van der Waals surface area contributed by atoms with E-state index in [0.29, 0.717) is 0 Å². The van der Waals surface area contributed by atoms with Gasteiger partial charge in [-0.05, 0) is 0 Å². The van der Waals surface area contributed by atoms with Crippen LogP contribution in [0.15, 0.2) is 0 Å². The third-order valence-electron chi connectivity index (χ3n) is 2.22. The molecule has 7 N–H and O–H groups in total. The van der Waals surface area contributed by atoms with Gasteiger partial charge in [-0.15, -0.1) is 0 Å². The van der Waals surface area contributed by atoms with Crippen LogP contribution in [-0.2, 0) is 0 Å². The summed E-state index contributed by atoms with van der Waals surface area (Å²) in [6.07, 6.45) is -6.13. The molecule has 8 nitrogen and oxygen atoms in total. The summed E-state index contributed by atoms with van der Waals surface area (Å²) in [5, 5.41) is 49.8. The number of nitrogens with one attached hydrogen (secondary N) is 2. The SMILES string of the molecule is O=C1N[C@H]([C@@H](O)[C@@H](O)[C@H](O)CO)[C@@H](O)N1. The lowest BCUT2D eigenvalue weighted by molar-refractivity contribution is -0.0960. The fourth-order valence-electron chi connectivity index (χ4n) is 1.32. The zero-order valence-electron chi connectivity index (χ0n) is 7.74. The van der Waals surface area contributed by atoms with Crippen molar-refractivity contribution in [2.24, 2.45) is 0 Å². The van der Waals surface area contributed by atoms with Crippen LogP contribution in [0.3, 0.4) is 0 Å². The molecule has 0 unspecified atom stereocenters. The van der Waals surface area contributed by atoms with Crippen LogP contribution in [0.2, 0.25) is 0 Å². The van der Waals surface area contributed by atoms with Gasteiger partial charge in [0.15, 0.2) is 6.23 Å². The van der Waals surface area contributed by atoms with E-state index < -0.39 is 43.2 Å². The molecule has 1 aliphatic heterocycles. The number of aliphatic hydroxyl groups excluding tert-OH is 5. The maximum absolute atomic E-state index is 10.7. The van der Waals surface area contributed by atoms with Gasteiger partial charge in [0, 0.05) is 0 Å². The van der Waals surface area contributed by atoms with Gasteiger partial charge in [0.05, 0.1) is 6.61 Å². The molecule has 1 rings (SSSR count). The Kier molecular flexibility index (Phi) is 3.83. The second kappa shape index (κ2) is 4.73. The zero-order chi connectivity index (χ0) is 11.6. The first-order chi connectivity index (χ1) is 6.97. The van der Waals surface area contributed by atoms with E-state index in [1.165, 1.54) is 0 Å². The van der Waals surface area contributed by atoms with Crippen LogP contribution in [0.4, 0.5) is 4.79 Å². The Morgan fingerprint density at radius 3 is 2.27 bits per heavy atom. The van der Waals surface area contributed by atoms with E-state index in [1.807, 2.05) is 5.32 Å². The molecule has 2 amide bonds. The third kappa shape index (κ3) is 2.55. The molecule has 0 aromatic heterocycles. The molecule has 8 heteroatoms. The first-order valence-electron chi connectivity index (χ1n) is 4.37. The first-order valence-corrected chi connectivity index (χ1v) is 4.37. The molecular formula is C7H14N2O6. The summed E-state index contributed by atoms with van der Waals surface area (Å²) in [7, 11) is 0. The maximum atomic E-state index is 10.7. The number of hydrogen-bond acceptors (Lipinski definition) is 6. The normalized spacial score (nSPS) is 31.7. The van der Waals surface area contributed by atoms with Gasteiger partial charge >= 0.3 is 6.03 Å². The van der Waals surface area contributed by atoms with E-state index in [9.17, 15) is 20.1 Å². The summed E-state index contributed by atoms with van der Waals surface area (Å²) >= 11 is 0. The number of aliphatic hydroxyl groups is 5. The van der Waals surface area contributed by atoms with Crippen LogP contribution in [-0.4, -0.2) is 68.8 Å². The number of hydrogen-bond donors (Lipinski definition) is 7. The topological polar surface area (TPSA) is 142 Å². The number of carbonyl (C=O) groups excluding carboxylic acids is 1. The Morgan fingerprint density at radius 1 is 1.27 bits per heavy atom. The quantitative estimate of drug-likeness (QED) is 0.259. The second-order valence-corrected chi connectivity index (χ2v) is 3.32. The summed E-state index contributed by atoms with van der Waals surface area (Å²) in [6, 6.07) is -1.81. The molecule has 1 fully saturated rings. The summed E-state index contributed by atoms with van der Waals surface area (Å²) in [4.78, 5) is 10.7. The molecule has 0 aromatic rings. The molecule has 5 atom stereocenters. The highest BCUT2D eigenvalue weighted by molar-refractivity contribution is 5.77. The Balaban J connectivity index is 2.59. The van der Waals surface area contributed by atoms with Crippen LogP contribution in [0, 0.1) is 0 Å². The van der Waals surface area contributed by atoms with Crippen molar-refractivity contribution in [3.05, 3.63) is 0 Å². The molecule has 88 valence electrons. The summed E-state index contributed by atoms with van der Waals surface area (Å²) in [6.45, 7) is -0.734. The maximum Gasteiger partial charge on any atom is 0.317 e. The van der Waals surface area contributed by atoms with Gasteiger partial charge in [-0.1, -0.05) is 0 Å². The van der Waals surface area contributed by atoms with Gasteiger partial charge in [0.1, 0.15) is 24.4 Å². The van der Waals surface area contributed by atoms with E-state index in [2.05, 4.69) is 5.32 Å². The predicted octanol–water partition coefficient (Wildman–Crippen LogP) is -3.94. The summed E-state index contributed by atoms with van der Waals surface area (Å²) < 4.78 is 0. The average Bonchev–Trinajstić information content (AvgIpc) is 2.54. The van der Waals surface area contributed by atoms with Crippen molar-refractivity contribution in [1.82, 2.24) is 10.6 Å². The van der Waals surface area contributed by atoms with Crippen LogP contribution < -0.4 is 10.6 Å². The molecule has 0 aliphatic carbocycles. The Labute approximate surface area is 85.2 Å². The van der Waals surface area contributed by atoms with Crippen molar-refractivity contribution in [2.45, 2.75) is 30.6 Å². The molecule has 0 spiro atoms. The minimum absolute atomic E-state index is 0.683. The third-order valence-corrected chi connectivity index (χ3v) is 2.22. The molecule has 0 aromatic carbocycles. The first kappa shape index (κ1) is 12.1. The molecule has 1 heterocycles. The average molecular weight is 222 g/mol. The monoisotopic (exact) mass is 222 g/mol. The van der Waals surface area contributed by atoms with Crippen molar-refractivity contribution in [3.63, 3.8) is 0 Å². The summed E-state index contributed by atoms with van der Waals surface area (Å²) in [5.41, 5.74) is 0. The van der Waals surface area contributed by atoms with Crippen molar-refractivity contribution in [3.8, 4) is 0 Å². The standard InChI is InChI=1S/C7H14N2O6/c10-1-2(11)4(12)5(13)3-6(14)9-7(15)8-3/h2-6,10-14H,1H2,(H2,8,9,15)/t2-,3-,4+,5-,6-/m1/s1. The van der Waals surface area contributed by atoms with Gasteiger partial charge in [-0.25, -0.2) is 4.79 Å². The minimum atomic E-state index is -1.66. The fourth-order valence-corrected chi connectivity index (χ4v) is 1.32. The lowest BCUT2D eigenvalue weighted by atomic mass is 10.0. The molecule has 1 aliphatic rings. The molecule has 1 saturated heterocycles. The molecule has 0 radical (unpaired) electrons. The number of urea groups is 1. The van der Waals surface area contributed by atoms with Gasteiger partial charge in [-0.3, -0.25) is 0 Å². The van der Waals surface area contributed by atoms with Crippen LogP contribution >= 0.6 is 0 Å². The van der Waals surface area contributed by atoms with Gasteiger partial charge in [0.25, 0.3) is 0 Å². The Hall–Kier alpha value is -0.930. The second-order valence-electron chi connectivity index (χ2n) is 3.32. The Morgan fingerprint density at radius 2 is 1.87 bits per heavy atom. The van der Waals surface area contributed by atoms with E-state index in [-0.39, 0.29) is 0 Å². The number of amides is 2. The molecule has 15 heavy (non-hydrogen) atoms. The lowest BCUT2D eigenvalue weighted by Crippen LogP contribution is -2.53. The Bertz CT molecular complexity index is 238. The van der Waals surface area contributed by atoms with Crippen LogP contribution in [0.1, 0.15) is 0 Å². The van der Waals surface area contributed by atoms with Crippen molar-refractivity contribution in [1.29, 1.82) is 0 Å². The van der Waals surface area contributed by atoms with Gasteiger partial charge < -0.3 is 36.2 Å². The number of carbonyl (C=O) groups is 1. The molecular weight excluding hydrogens is 208 g/mol. The lowest BCUT2D eigenvalue weighted by Gasteiger charge is -2.26. The van der Waals surface area contributed by atoms with E-state index in [0.717, 1.165) is 0 Å². The van der Waals surface area contributed by atoms with Crippen molar-refractivity contribution < 1.29 is 30.3 Å². The predicted molar refractivity (Wildman–Crippen MR) is 46.6 cm³/mol. The fraction of sp³-hybridized carbons (Fsp3) is 0.857. The van der Waals surface area contributed by atoms with Gasteiger partial charge in [-0.2, -0.15) is 0 Å². The van der Waals surface area contributed by atoms with Crippen LogP contribution in [0.5, 0.6) is 0 Å². The number of rotatable bonds is 4. The highest BCUT2D eigenvalue weighted by Crippen LogP contribution is 2.10. The highest BCUT2D eigenvalue weighted by atomic mass is 16.4. The largest absolute Gasteiger partial charge is 0.394 e. The van der Waals surface area contributed by atoms with Crippen molar-refractivity contribution >= 4 is 6.03 Å². The smallest absolute Gasteiger partial charge is 0.317 e. The molecule has 0 saturated carbocycles. The minimum Gasteiger partial charge on any atom is -0.394 e. The van der Waals surface area contributed by atoms with E-state index in [4.69, 9.17) is 10.2 Å². The summed E-state index contributed by atoms with van der Waals surface area (Å²) in [5.74, 6) is 0. The highest BCUT2D eigenvalue weighted by Gasteiger charge is 2.40. The van der Waals surface area contributed by atoms with E-state index >= 15 is 0 Å².